The summed E-state index contributed by atoms with van der Waals surface area (Å²) in [6.45, 7) is 6.99. The highest BCUT2D eigenvalue weighted by Crippen LogP contribution is 2.11. The van der Waals surface area contributed by atoms with E-state index in [0.717, 1.165) is 31.1 Å². The highest BCUT2D eigenvalue weighted by molar-refractivity contribution is 5.37. The molecule has 0 saturated carbocycles. The average Bonchev–Trinajstić information content (AvgIpc) is 2.48. The maximum atomic E-state index is 4.31. The van der Waals surface area contributed by atoms with Gasteiger partial charge in [0.2, 0.25) is 0 Å². The first-order chi connectivity index (χ1) is 10.1. The first kappa shape index (κ1) is 15.4. The minimum atomic E-state index is 0.647. The van der Waals surface area contributed by atoms with Crippen LogP contribution in [0.3, 0.4) is 0 Å². The van der Waals surface area contributed by atoms with Crippen LogP contribution < -0.4 is 10.2 Å². The maximum absolute atomic E-state index is 4.31. The van der Waals surface area contributed by atoms with Crippen LogP contribution >= 0.6 is 0 Å². The molecule has 0 atom stereocenters. The molecule has 0 fully saturated rings. The van der Waals surface area contributed by atoms with E-state index in [1.54, 1.807) is 0 Å². The molecule has 0 aliphatic rings. The predicted octanol–water partition coefficient (Wildman–Crippen LogP) is 2.86. The first-order valence-electron chi connectivity index (χ1n) is 7.43. The third kappa shape index (κ3) is 5.16. The van der Waals surface area contributed by atoms with Gasteiger partial charge in [-0.05, 0) is 30.2 Å². The van der Waals surface area contributed by atoms with Crippen molar-refractivity contribution in [3.8, 4) is 0 Å². The van der Waals surface area contributed by atoms with Gasteiger partial charge in [0.15, 0.2) is 5.82 Å². The Morgan fingerprint density at radius 2 is 1.81 bits per heavy atom. The smallest absolute Gasteiger partial charge is 0.151 e. The second-order valence-corrected chi connectivity index (χ2v) is 5.75. The molecule has 0 bridgehead atoms. The van der Waals surface area contributed by atoms with Gasteiger partial charge in [-0.3, -0.25) is 0 Å². The van der Waals surface area contributed by atoms with Crippen molar-refractivity contribution < 1.29 is 0 Å². The van der Waals surface area contributed by atoms with E-state index in [9.17, 15) is 0 Å². The Morgan fingerprint density at radius 1 is 1.05 bits per heavy atom. The molecular formula is C17H24N4. The van der Waals surface area contributed by atoms with Crippen molar-refractivity contribution in [2.24, 2.45) is 5.92 Å². The van der Waals surface area contributed by atoms with Crippen LogP contribution in [-0.4, -0.2) is 23.8 Å². The van der Waals surface area contributed by atoms with E-state index in [2.05, 4.69) is 58.5 Å². The molecule has 0 saturated heterocycles. The third-order valence-electron chi connectivity index (χ3n) is 3.22. The molecular weight excluding hydrogens is 260 g/mol. The lowest BCUT2D eigenvalue weighted by molar-refractivity contribution is 0.546. The molecule has 2 aromatic rings. The maximum Gasteiger partial charge on any atom is 0.151 e. The fourth-order valence-corrected chi connectivity index (χ4v) is 2.08. The van der Waals surface area contributed by atoms with Crippen LogP contribution in [0, 0.1) is 5.92 Å². The number of hydrogen-bond donors (Lipinski definition) is 1. The van der Waals surface area contributed by atoms with Gasteiger partial charge in [0.1, 0.15) is 0 Å². The largest absolute Gasteiger partial charge is 0.354 e. The summed E-state index contributed by atoms with van der Waals surface area (Å²) in [7, 11) is 2.04. The summed E-state index contributed by atoms with van der Waals surface area (Å²) in [6, 6.07) is 14.4. The Balaban J connectivity index is 1.89. The van der Waals surface area contributed by atoms with E-state index in [1.807, 2.05) is 25.2 Å². The van der Waals surface area contributed by atoms with E-state index in [-0.39, 0.29) is 0 Å². The van der Waals surface area contributed by atoms with Crippen LogP contribution in [0.2, 0.25) is 0 Å². The summed E-state index contributed by atoms with van der Waals surface area (Å²) in [4.78, 5) is 2.10. The second kappa shape index (κ2) is 7.74. The Labute approximate surface area is 127 Å². The van der Waals surface area contributed by atoms with Crippen molar-refractivity contribution in [3.63, 3.8) is 0 Å². The molecule has 0 amide bonds. The number of nitrogens with zero attached hydrogens (tertiary/aromatic N) is 3. The Kier molecular flexibility index (Phi) is 5.69. The molecule has 1 heterocycles. The quantitative estimate of drug-likeness (QED) is 0.849. The summed E-state index contributed by atoms with van der Waals surface area (Å²) in [5.41, 5.74) is 2.25. The Bertz CT molecular complexity index is 522. The molecule has 0 unspecified atom stereocenters. The monoisotopic (exact) mass is 284 g/mol. The van der Waals surface area contributed by atoms with Crippen LogP contribution in [0.4, 0.5) is 5.82 Å². The van der Waals surface area contributed by atoms with Crippen LogP contribution in [-0.2, 0) is 13.1 Å². The minimum absolute atomic E-state index is 0.647. The predicted molar refractivity (Wildman–Crippen MR) is 87.1 cm³/mol. The van der Waals surface area contributed by atoms with Gasteiger partial charge < -0.3 is 10.2 Å². The first-order valence-corrected chi connectivity index (χ1v) is 7.43. The number of nitrogens with one attached hydrogen (secondary N) is 1. The molecule has 1 N–H and O–H groups in total. The number of benzene rings is 1. The molecule has 0 spiro atoms. The van der Waals surface area contributed by atoms with Crippen LogP contribution in [0.1, 0.15) is 25.1 Å². The fourth-order valence-electron chi connectivity index (χ4n) is 2.08. The summed E-state index contributed by atoms with van der Waals surface area (Å²) in [6.07, 6.45) is 0. The van der Waals surface area contributed by atoms with E-state index < -0.39 is 0 Å². The normalized spacial score (nSPS) is 10.9. The number of rotatable bonds is 7. The lowest BCUT2D eigenvalue weighted by Gasteiger charge is -2.17. The van der Waals surface area contributed by atoms with Gasteiger partial charge in [0.05, 0.1) is 5.69 Å². The zero-order valence-corrected chi connectivity index (χ0v) is 13.1. The van der Waals surface area contributed by atoms with E-state index in [1.165, 1.54) is 5.56 Å². The molecule has 2 rings (SSSR count). The number of anilines is 1. The fraction of sp³-hybridized carbons (Fsp3) is 0.412. The van der Waals surface area contributed by atoms with Gasteiger partial charge in [-0.15, -0.1) is 5.10 Å². The molecule has 0 aliphatic carbocycles. The highest BCUT2D eigenvalue weighted by atomic mass is 15.2. The van der Waals surface area contributed by atoms with Crippen molar-refractivity contribution in [3.05, 3.63) is 53.7 Å². The molecule has 112 valence electrons. The van der Waals surface area contributed by atoms with Crippen LogP contribution in [0.5, 0.6) is 0 Å². The molecule has 21 heavy (non-hydrogen) atoms. The number of hydrogen-bond acceptors (Lipinski definition) is 4. The Hall–Kier alpha value is -1.94. The molecule has 1 aromatic carbocycles. The van der Waals surface area contributed by atoms with Gasteiger partial charge in [-0.1, -0.05) is 44.2 Å². The summed E-state index contributed by atoms with van der Waals surface area (Å²) in [5.74, 6) is 1.54. The van der Waals surface area contributed by atoms with Crippen LogP contribution in [0.25, 0.3) is 0 Å². The SMILES string of the molecule is CC(C)CNCc1ccc(N(C)Cc2ccccc2)nn1. The van der Waals surface area contributed by atoms with Gasteiger partial charge in [0.25, 0.3) is 0 Å². The average molecular weight is 284 g/mol. The molecule has 0 aliphatic heterocycles. The van der Waals surface area contributed by atoms with Crippen molar-refractivity contribution in [2.75, 3.05) is 18.5 Å². The lowest BCUT2D eigenvalue weighted by atomic mass is 10.2. The van der Waals surface area contributed by atoms with Crippen molar-refractivity contribution in [1.29, 1.82) is 0 Å². The zero-order chi connectivity index (χ0) is 15.1. The molecule has 0 radical (unpaired) electrons. The van der Waals surface area contributed by atoms with Gasteiger partial charge >= 0.3 is 0 Å². The highest BCUT2D eigenvalue weighted by Gasteiger charge is 2.05. The zero-order valence-electron chi connectivity index (χ0n) is 13.1. The van der Waals surface area contributed by atoms with Gasteiger partial charge in [-0.25, -0.2) is 0 Å². The molecule has 1 aromatic heterocycles. The van der Waals surface area contributed by atoms with Crippen molar-refractivity contribution in [2.45, 2.75) is 26.9 Å². The molecule has 4 nitrogen and oxygen atoms in total. The lowest BCUT2D eigenvalue weighted by Crippen LogP contribution is -2.21. The topological polar surface area (TPSA) is 41.0 Å². The Morgan fingerprint density at radius 3 is 2.43 bits per heavy atom. The standard InChI is InChI=1S/C17H24N4/c1-14(2)11-18-12-16-9-10-17(20-19-16)21(3)13-15-7-5-4-6-8-15/h4-10,14,18H,11-13H2,1-3H3. The van der Waals surface area contributed by atoms with Crippen molar-refractivity contribution >= 4 is 5.82 Å². The second-order valence-electron chi connectivity index (χ2n) is 5.75. The summed E-state index contributed by atoms with van der Waals surface area (Å²) < 4.78 is 0. The third-order valence-corrected chi connectivity index (χ3v) is 3.22. The van der Waals surface area contributed by atoms with E-state index >= 15 is 0 Å². The summed E-state index contributed by atoms with van der Waals surface area (Å²) in [5, 5.41) is 12.0. The minimum Gasteiger partial charge on any atom is -0.354 e. The summed E-state index contributed by atoms with van der Waals surface area (Å²) >= 11 is 0. The van der Waals surface area contributed by atoms with Crippen LogP contribution in [0.15, 0.2) is 42.5 Å². The van der Waals surface area contributed by atoms with E-state index in [0.29, 0.717) is 5.92 Å². The van der Waals surface area contributed by atoms with Crippen molar-refractivity contribution in [1.82, 2.24) is 15.5 Å². The van der Waals surface area contributed by atoms with Gasteiger partial charge in [-0.2, -0.15) is 5.10 Å². The van der Waals surface area contributed by atoms with Gasteiger partial charge in [0, 0.05) is 20.1 Å². The number of aromatic nitrogens is 2. The van der Waals surface area contributed by atoms with E-state index in [4.69, 9.17) is 0 Å². The molecule has 4 heteroatoms.